The minimum absolute atomic E-state index is 0.0106. The fourth-order valence-corrected chi connectivity index (χ4v) is 3.70. The fraction of sp³-hybridized carbons (Fsp3) is 0.280. The number of piperidine rings is 1. The normalized spacial score (nSPS) is 15.7. The molecule has 0 unspecified atom stereocenters. The summed E-state index contributed by atoms with van der Waals surface area (Å²) in [5.41, 5.74) is 4.69. The van der Waals surface area contributed by atoms with Crippen molar-refractivity contribution >= 4 is 11.6 Å². The summed E-state index contributed by atoms with van der Waals surface area (Å²) in [7, 11) is 1.83. The molecule has 1 aromatic heterocycles. The zero-order chi connectivity index (χ0) is 21.8. The van der Waals surface area contributed by atoms with Crippen LogP contribution in [0.3, 0.4) is 0 Å². The molecule has 3 N–H and O–H groups in total. The first-order valence-electron chi connectivity index (χ1n) is 10.5. The van der Waals surface area contributed by atoms with E-state index in [4.69, 9.17) is 0 Å². The zero-order valence-electron chi connectivity index (χ0n) is 17.8. The Morgan fingerprint density at radius 2 is 2.00 bits per heavy atom. The highest BCUT2D eigenvalue weighted by Crippen LogP contribution is 2.31. The highest BCUT2D eigenvalue weighted by Gasteiger charge is 2.20. The Bertz CT molecular complexity index is 1150. The van der Waals surface area contributed by atoms with E-state index in [-0.39, 0.29) is 17.7 Å². The summed E-state index contributed by atoms with van der Waals surface area (Å²) in [5.74, 6) is 6.51. The van der Waals surface area contributed by atoms with Gasteiger partial charge in [0.25, 0.3) is 0 Å². The number of nitrogens with one attached hydrogen (secondary N) is 2. The highest BCUT2D eigenvalue weighted by molar-refractivity contribution is 5.94. The smallest absolute Gasteiger partial charge is 0.241 e. The number of aromatic hydroxyl groups is 1. The lowest BCUT2D eigenvalue weighted by molar-refractivity contribution is -0.118. The number of carbonyl (C=O) groups is 1. The monoisotopic (exact) mass is 414 g/mol. The Kier molecular flexibility index (Phi) is 6.06. The number of amides is 1. The van der Waals surface area contributed by atoms with Gasteiger partial charge in [-0.3, -0.25) is 9.48 Å². The second-order valence-electron chi connectivity index (χ2n) is 7.90. The first kappa shape index (κ1) is 20.7. The van der Waals surface area contributed by atoms with Gasteiger partial charge in [0.05, 0.1) is 11.6 Å². The number of hydrogen-bond donors (Lipinski definition) is 3. The second kappa shape index (κ2) is 9.07. The molecule has 1 aliphatic heterocycles. The van der Waals surface area contributed by atoms with Crippen LogP contribution in [0, 0.1) is 18.8 Å². The van der Waals surface area contributed by atoms with E-state index < -0.39 is 0 Å². The number of hydrogen-bond acceptors (Lipinski definition) is 4. The lowest BCUT2D eigenvalue weighted by Crippen LogP contribution is -2.43. The second-order valence-corrected chi connectivity index (χ2v) is 7.90. The number of aryl methyl sites for hydroxylation is 2. The lowest BCUT2D eigenvalue weighted by atomic mass is 10.0. The van der Waals surface area contributed by atoms with E-state index in [2.05, 4.69) is 27.6 Å². The van der Waals surface area contributed by atoms with Crippen LogP contribution >= 0.6 is 0 Å². The van der Waals surface area contributed by atoms with E-state index in [0.29, 0.717) is 11.3 Å². The van der Waals surface area contributed by atoms with Crippen molar-refractivity contribution < 1.29 is 9.90 Å². The van der Waals surface area contributed by atoms with E-state index in [1.807, 2.05) is 56.6 Å². The average molecular weight is 415 g/mol. The molecule has 1 saturated heterocycles. The van der Waals surface area contributed by atoms with Crippen molar-refractivity contribution in [2.24, 2.45) is 7.05 Å². The van der Waals surface area contributed by atoms with Gasteiger partial charge in [-0.2, -0.15) is 5.10 Å². The van der Waals surface area contributed by atoms with E-state index in [0.717, 1.165) is 48.2 Å². The summed E-state index contributed by atoms with van der Waals surface area (Å²) in [6.45, 7) is 2.87. The number of aromatic nitrogens is 2. The van der Waals surface area contributed by atoms with Crippen molar-refractivity contribution in [3.63, 3.8) is 0 Å². The first-order valence-corrected chi connectivity index (χ1v) is 10.5. The molecule has 1 fully saturated rings. The molecule has 158 valence electrons. The van der Waals surface area contributed by atoms with Crippen molar-refractivity contribution in [1.29, 1.82) is 0 Å². The molecule has 0 saturated carbocycles. The predicted octanol–water partition coefficient (Wildman–Crippen LogP) is 3.58. The van der Waals surface area contributed by atoms with Gasteiger partial charge in [-0.15, -0.1) is 0 Å². The third kappa shape index (κ3) is 4.96. The van der Waals surface area contributed by atoms with E-state index in [9.17, 15) is 9.90 Å². The van der Waals surface area contributed by atoms with Crippen LogP contribution in [0.4, 0.5) is 5.69 Å². The molecule has 6 heteroatoms. The van der Waals surface area contributed by atoms with Gasteiger partial charge in [0, 0.05) is 30.1 Å². The minimum atomic E-state index is -0.116. The van der Waals surface area contributed by atoms with Crippen LogP contribution in [-0.2, 0) is 11.8 Å². The van der Waals surface area contributed by atoms with Gasteiger partial charge in [-0.05, 0) is 62.7 Å². The van der Waals surface area contributed by atoms with Crippen LogP contribution in [0.5, 0.6) is 5.75 Å². The molecule has 1 atom stereocenters. The Hall–Kier alpha value is -3.56. The van der Waals surface area contributed by atoms with Crippen LogP contribution in [0.1, 0.15) is 36.0 Å². The van der Waals surface area contributed by atoms with Gasteiger partial charge >= 0.3 is 0 Å². The molecule has 1 aliphatic rings. The molecular weight excluding hydrogens is 388 g/mol. The molecule has 2 heterocycles. The SMILES string of the molecule is Cc1ccc(O)c(-c2nn(C)cc2C#Cc2ccc(NC(=O)[C@@H]3CCCCN3)cc2)c1. The Labute approximate surface area is 182 Å². The molecule has 0 spiro atoms. The van der Waals surface area contributed by atoms with Crippen LogP contribution in [0.2, 0.25) is 0 Å². The molecule has 1 amide bonds. The molecule has 0 bridgehead atoms. The Balaban J connectivity index is 1.51. The van der Waals surface area contributed by atoms with Crippen molar-refractivity contribution in [1.82, 2.24) is 15.1 Å². The van der Waals surface area contributed by atoms with Gasteiger partial charge in [-0.25, -0.2) is 0 Å². The maximum absolute atomic E-state index is 12.4. The number of carbonyl (C=O) groups excluding carboxylic acids is 1. The van der Waals surface area contributed by atoms with Crippen LogP contribution in [0.15, 0.2) is 48.7 Å². The topological polar surface area (TPSA) is 79.2 Å². The zero-order valence-corrected chi connectivity index (χ0v) is 17.8. The molecule has 6 nitrogen and oxygen atoms in total. The number of phenols is 1. The number of nitrogens with zero attached hydrogens (tertiary/aromatic N) is 2. The number of phenolic OH excluding ortho intramolecular Hbond substituents is 1. The molecule has 31 heavy (non-hydrogen) atoms. The third-order valence-electron chi connectivity index (χ3n) is 5.36. The Morgan fingerprint density at radius 3 is 2.74 bits per heavy atom. The van der Waals surface area contributed by atoms with Gasteiger partial charge in [0.1, 0.15) is 11.4 Å². The van der Waals surface area contributed by atoms with Gasteiger partial charge < -0.3 is 15.7 Å². The standard InChI is InChI=1S/C25H26N4O2/c1-17-6-13-23(30)21(15-17)24-19(16-29(2)28-24)10-7-18-8-11-20(12-9-18)27-25(31)22-5-3-4-14-26-22/h6,8-9,11-13,15-16,22,26,30H,3-5,14H2,1-2H3,(H,27,31)/t22-/m0/s1. The minimum Gasteiger partial charge on any atom is -0.507 e. The summed E-state index contributed by atoms with van der Waals surface area (Å²) in [6.07, 6.45) is 4.92. The maximum atomic E-state index is 12.4. The van der Waals surface area contributed by atoms with E-state index >= 15 is 0 Å². The molecule has 0 aliphatic carbocycles. The molecule has 4 rings (SSSR count). The summed E-state index contributed by atoms with van der Waals surface area (Å²) in [5, 5.41) is 21.0. The average Bonchev–Trinajstić information content (AvgIpc) is 3.15. The highest BCUT2D eigenvalue weighted by atomic mass is 16.3. The number of anilines is 1. The summed E-state index contributed by atoms with van der Waals surface area (Å²) in [6, 6.07) is 12.8. The van der Waals surface area contributed by atoms with Crippen LogP contribution in [0.25, 0.3) is 11.3 Å². The predicted molar refractivity (Wildman–Crippen MR) is 122 cm³/mol. The quantitative estimate of drug-likeness (QED) is 0.573. The molecule has 2 aromatic carbocycles. The number of benzene rings is 2. The first-order chi connectivity index (χ1) is 15.0. The fourth-order valence-electron chi connectivity index (χ4n) is 3.70. The van der Waals surface area contributed by atoms with Gasteiger partial charge in [-0.1, -0.05) is 29.9 Å². The molecule has 0 radical (unpaired) electrons. The molecular formula is C25H26N4O2. The van der Waals surface area contributed by atoms with E-state index in [1.165, 1.54) is 0 Å². The molecule has 3 aromatic rings. The van der Waals surface area contributed by atoms with E-state index in [1.54, 1.807) is 10.7 Å². The van der Waals surface area contributed by atoms with Crippen molar-refractivity contribution in [3.8, 4) is 28.8 Å². The summed E-state index contributed by atoms with van der Waals surface area (Å²) < 4.78 is 1.69. The number of rotatable bonds is 3. The van der Waals surface area contributed by atoms with Crippen molar-refractivity contribution in [2.45, 2.75) is 32.2 Å². The van der Waals surface area contributed by atoms with Crippen LogP contribution in [-0.4, -0.2) is 33.4 Å². The van der Waals surface area contributed by atoms with Crippen LogP contribution < -0.4 is 10.6 Å². The third-order valence-corrected chi connectivity index (χ3v) is 5.36. The largest absolute Gasteiger partial charge is 0.507 e. The van der Waals surface area contributed by atoms with Gasteiger partial charge in [0.2, 0.25) is 5.91 Å². The summed E-state index contributed by atoms with van der Waals surface area (Å²) >= 11 is 0. The summed E-state index contributed by atoms with van der Waals surface area (Å²) in [4.78, 5) is 12.4. The Morgan fingerprint density at radius 1 is 1.19 bits per heavy atom. The van der Waals surface area contributed by atoms with Crippen molar-refractivity contribution in [3.05, 3.63) is 65.4 Å². The lowest BCUT2D eigenvalue weighted by Gasteiger charge is -2.22. The van der Waals surface area contributed by atoms with Crippen molar-refractivity contribution in [2.75, 3.05) is 11.9 Å². The maximum Gasteiger partial charge on any atom is 0.241 e. The van der Waals surface area contributed by atoms with Gasteiger partial charge in [0.15, 0.2) is 0 Å².